The van der Waals surface area contributed by atoms with Crippen LogP contribution in [0.4, 0.5) is 10.5 Å². The summed E-state index contributed by atoms with van der Waals surface area (Å²) in [5.41, 5.74) is 7.57. The second kappa shape index (κ2) is 9.66. The highest BCUT2D eigenvalue weighted by atomic mass is 32.2. The molecule has 0 saturated carbocycles. The molecule has 182 valence electrons. The summed E-state index contributed by atoms with van der Waals surface area (Å²) in [6.45, 7) is 8.09. The van der Waals surface area contributed by atoms with Crippen LogP contribution in [0.25, 0.3) is 17.0 Å². The van der Waals surface area contributed by atoms with Crippen LogP contribution in [0.1, 0.15) is 41.1 Å². The fraction of sp³-hybridized carbons (Fsp3) is 0.207. The molecule has 1 aliphatic heterocycles. The molecule has 0 fully saturated rings. The number of carbonyl (C=O) groups is 1. The van der Waals surface area contributed by atoms with E-state index in [1.807, 2.05) is 74.7 Å². The molecule has 1 atom stereocenters. The highest BCUT2D eigenvalue weighted by Gasteiger charge is 2.36. The van der Waals surface area contributed by atoms with E-state index < -0.39 is 6.04 Å². The minimum absolute atomic E-state index is 0.197. The number of aromatic nitrogens is 2. The van der Waals surface area contributed by atoms with Crippen LogP contribution in [0.5, 0.6) is 0 Å². The van der Waals surface area contributed by atoms with Gasteiger partial charge in [0.05, 0.1) is 17.3 Å². The Labute approximate surface area is 215 Å². The third-order valence-electron chi connectivity index (χ3n) is 6.61. The molecule has 1 aromatic heterocycles. The molecule has 7 heteroatoms. The molecule has 0 bridgehead atoms. The van der Waals surface area contributed by atoms with Crippen LogP contribution in [0.3, 0.4) is 0 Å². The maximum absolute atomic E-state index is 13.4. The smallest absolute Gasteiger partial charge is 0.326 e. The summed E-state index contributed by atoms with van der Waals surface area (Å²) in [6.07, 6.45) is 2.04. The van der Waals surface area contributed by atoms with Gasteiger partial charge in [-0.2, -0.15) is 4.98 Å². The van der Waals surface area contributed by atoms with Gasteiger partial charge in [-0.15, -0.1) is 11.8 Å². The zero-order valence-corrected chi connectivity index (χ0v) is 21.8. The summed E-state index contributed by atoms with van der Waals surface area (Å²) in [5, 5.41) is 7.47. The van der Waals surface area contributed by atoms with Gasteiger partial charge < -0.3 is 9.84 Å². The van der Waals surface area contributed by atoms with E-state index in [-0.39, 0.29) is 6.03 Å². The Morgan fingerprint density at radius 1 is 0.944 bits per heavy atom. The fourth-order valence-corrected chi connectivity index (χ4v) is 4.89. The second-order valence-corrected chi connectivity index (χ2v) is 9.93. The van der Waals surface area contributed by atoms with Crippen molar-refractivity contribution in [2.75, 3.05) is 11.2 Å². The van der Waals surface area contributed by atoms with Gasteiger partial charge in [-0.25, -0.2) is 4.79 Å². The number of anilines is 1. The lowest BCUT2D eigenvalue weighted by atomic mass is 9.92. The van der Waals surface area contributed by atoms with E-state index in [9.17, 15) is 4.79 Å². The highest BCUT2D eigenvalue weighted by molar-refractivity contribution is 7.98. The summed E-state index contributed by atoms with van der Waals surface area (Å²) in [7, 11) is 0. The number of nitrogens with zero attached hydrogens (tertiary/aromatic N) is 3. The third-order valence-corrected chi connectivity index (χ3v) is 7.36. The molecule has 0 aliphatic carbocycles. The van der Waals surface area contributed by atoms with Crippen molar-refractivity contribution in [2.45, 2.75) is 38.6 Å². The van der Waals surface area contributed by atoms with E-state index in [1.54, 1.807) is 16.7 Å². The molecule has 0 saturated heterocycles. The summed E-state index contributed by atoms with van der Waals surface area (Å²) in [6, 6.07) is 21.5. The monoisotopic (exact) mass is 496 g/mol. The van der Waals surface area contributed by atoms with Crippen molar-refractivity contribution in [3.63, 3.8) is 0 Å². The number of carbonyl (C=O) groups excluding carboxylic acids is 1. The molecule has 6 nitrogen and oxygen atoms in total. The molecule has 36 heavy (non-hydrogen) atoms. The average Bonchev–Trinajstić information content (AvgIpc) is 3.35. The number of rotatable bonds is 5. The topological polar surface area (TPSA) is 71.3 Å². The molecular weight excluding hydrogens is 468 g/mol. The standard InChI is InChI=1S/C29H28N4O2S/c1-17-7-6-8-23(15-17)33-20(4)25(26(30-29(33)34)22-10-9-18(2)19(3)16-22)28-31-27(32-35-28)21-11-13-24(36-5)14-12-21/h6-16,26H,1-5H3,(H,30,34). The van der Waals surface area contributed by atoms with E-state index in [2.05, 4.69) is 36.5 Å². The summed E-state index contributed by atoms with van der Waals surface area (Å²) in [4.78, 5) is 21.0. The van der Waals surface area contributed by atoms with Gasteiger partial charge in [0.2, 0.25) is 5.82 Å². The van der Waals surface area contributed by atoms with Gasteiger partial charge in [0.1, 0.15) is 0 Å². The van der Waals surface area contributed by atoms with E-state index >= 15 is 0 Å². The predicted molar refractivity (Wildman–Crippen MR) is 145 cm³/mol. The Morgan fingerprint density at radius 3 is 2.42 bits per heavy atom. The van der Waals surface area contributed by atoms with Gasteiger partial charge in [-0.05, 0) is 92.6 Å². The minimum Gasteiger partial charge on any atom is -0.334 e. The quantitative estimate of drug-likeness (QED) is 0.299. The van der Waals surface area contributed by atoms with Gasteiger partial charge in [0, 0.05) is 16.2 Å². The Kier molecular flexibility index (Phi) is 6.41. The third kappa shape index (κ3) is 4.42. The Balaban J connectivity index is 1.65. The lowest BCUT2D eigenvalue weighted by Gasteiger charge is -2.35. The van der Waals surface area contributed by atoms with E-state index in [1.165, 1.54) is 10.5 Å². The highest BCUT2D eigenvalue weighted by Crippen LogP contribution is 2.39. The van der Waals surface area contributed by atoms with E-state index in [0.717, 1.165) is 39.2 Å². The second-order valence-electron chi connectivity index (χ2n) is 9.05. The Morgan fingerprint density at radius 2 is 1.72 bits per heavy atom. The normalized spacial score (nSPS) is 15.9. The van der Waals surface area contributed by atoms with Crippen LogP contribution in [0.15, 0.2) is 81.8 Å². The predicted octanol–water partition coefficient (Wildman–Crippen LogP) is 7.09. The van der Waals surface area contributed by atoms with Crippen molar-refractivity contribution in [1.29, 1.82) is 0 Å². The van der Waals surface area contributed by atoms with Gasteiger partial charge in [0.25, 0.3) is 5.89 Å². The van der Waals surface area contributed by atoms with Crippen molar-refractivity contribution in [3.8, 4) is 11.4 Å². The molecule has 1 unspecified atom stereocenters. The molecule has 3 aromatic carbocycles. The first kappa shape index (κ1) is 23.9. The number of aryl methyl sites for hydroxylation is 3. The molecule has 2 amide bonds. The number of benzene rings is 3. The van der Waals surface area contributed by atoms with Gasteiger partial charge in [0.15, 0.2) is 0 Å². The SMILES string of the molecule is CSc1ccc(-c2noc(C3=C(C)N(c4cccc(C)c4)C(=O)NC3c3ccc(C)c(C)c3)n2)cc1. The Hall–Kier alpha value is -3.84. The minimum atomic E-state index is -0.426. The number of hydrogen-bond donors (Lipinski definition) is 1. The number of urea groups is 1. The molecule has 1 N–H and O–H groups in total. The van der Waals surface area contributed by atoms with E-state index in [4.69, 9.17) is 9.51 Å². The lowest BCUT2D eigenvalue weighted by molar-refractivity contribution is 0.244. The van der Waals surface area contributed by atoms with Crippen LogP contribution in [-0.2, 0) is 0 Å². The average molecular weight is 497 g/mol. The number of allylic oxidation sites excluding steroid dienone is 1. The summed E-state index contributed by atoms with van der Waals surface area (Å²) < 4.78 is 5.83. The van der Waals surface area contributed by atoms with Gasteiger partial charge >= 0.3 is 6.03 Å². The molecular formula is C29H28N4O2S. The first-order valence-corrected chi connectivity index (χ1v) is 13.0. The van der Waals surface area contributed by atoms with Crippen molar-refractivity contribution in [2.24, 2.45) is 0 Å². The molecule has 0 radical (unpaired) electrons. The van der Waals surface area contributed by atoms with Crippen LogP contribution in [0, 0.1) is 20.8 Å². The van der Waals surface area contributed by atoms with Crippen LogP contribution in [0.2, 0.25) is 0 Å². The molecule has 0 spiro atoms. The number of nitrogens with one attached hydrogen (secondary N) is 1. The number of thioether (sulfide) groups is 1. The lowest BCUT2D eigenvalue weighted by Crippen LogP contribution is -2.46. The number of hydrogen-bond acceptors (Lipinski definition) is 5. The molecule has 4 aromatic rings. The van der Waals surface area contributed by atoms with Gasteiger partial charge in [-0.3, -0.25) is 4.90 Å². The van der Waals surface area contributed by atoms with Crippen molar-refractivity contribution in [1.82, 2.24) is 15.5 Å². The Bertz CT molecular complexity index is 1470. The largest absolute Gasteiger partial charge is 0.334 e. The molecule has 2 heterocycles. The first-order chi connectivity index (χ1) is 17.4. The van der Waals surface area contributed by atoms with Crippen LogP contribution >= 0.6 is 11.8 Å². The van der Waals surface area contributed by atoms with Crippen molar-refractivity contribution < 1.29 is 9.32 Å². The molecule has 5 rings (SSSR count). The van der Waals surface area contributed by atoms with Crippen molar-refractivity contribution >= 4 is 29.1 Å². The first-order valence-electron chi connectivity index (χ1n) is 11.8. The van der Waals surface area contributed by atoms with Crippen molar-refractivity contribution in [3.05, 3.63) is 101 Å². The van der Waals surface area contributed by atoms with Crippen LogP contribution in [-0.4, -0.2) is 22.4 Å². The fourth-order valence-electron chi connectivity index (χ4n) is 4.48. The number of amides is 2. The summed E-state index contributed by atoms with van der Waals surface area (Å²) >= 11 is 1.68. The molecule has 1 aliphatic rings. The maximum atomic E-state index is 13.4. The van der Waals surface area contributed by atoms with E-state index in [0.29, 0.717) is 11.7 Å². The van der Waals surface area contributed by atoms with Crippen LogP contribution < -0.4 is 10.2 Å². The zero-order chi connectivity index (χ0) is 25.4. The van der Waals surface area contributed by atoms with Gasteiger partial charge in [-0.1, -0.05) is 35.5 Å². The summed E-state index contributed by atoms with van der Waals surface area (Å²) in [5.74, 6) is 0.896. The zero-order valence-electron chi connectivity index (χ0n) is 21.0. The maximum Gasteiger partial charge on any atom is 0.326 e.